The van der Waals surface area contributed by atoms with Gasteiger partial charge < -0.3 is 18.8 Å². The van der Waals surface area contributed by atoms with Gasteiger partial charge in [-0.3, -0.25) is 4.79 Å². The molecule has 0 aliphatic carbocycles. The van der Waals surface area contributed by atoms with Gasteiger partial charge in [0.05, 0.1) is 24.7 Å². The summed E-state index contributed by atoms with van der Waals surface area (Å²) in [6.07, 6.45) is -0.435. The highest BCUT2D eigenvalue weighted by Gasteiger charge is 2.17. The van der Waals surface area contributed by atoms with Crippen LogP contribution in [0.3, 0.4) is 0 Å². The van der Waals surface area contributed by atoms with Crippen molar-refractivity contribution in [3.8, 4) is 11.5 Å². The molecule has 0 radical (unpaired) electrons. The standard InChI is InChI=1S/C20H22N2O4/c1-14-21-19-9-4-5-10-20(19)22(14)12-18(26-15(2)23)13-25-17-8-6-7-16(11-17)24-3/h4-11,18H,12-13H2,1-3H3/t18-/m1/s1. The second kappa shape index (κ2) is 7.91. The smallest absolute Gasteiger partial charge is 0.303 e. The summed E-state index contributed by atoms with van der Waals surface area (Å²) >= 11 is 0. The van der Waals surface area contributed by atoms with Crippen molar-refractivity contribution in [1.29, 1.82) is 0 Å². The molecule has 3 aromatic rings. The van der Waals surface area contributed by atoms with E-state index in [1.54, 1.807) is 13.2 Å². The predicted molar refractivity (Wildman–Crippen MR) is 98.5 cm³/mol. The average molecular weight is 354 g/mol. The van der Waals surface area contributed by atoms with Gasteiger partial charge in [0.2, 0.25) is 0 Å². The van der Waals surface area contributed by atoms with Gasteiger partial charge in [0.15, 0.2) is 6.10 Å². The molecular weight excluding hydrogens is 332 g/mol. The first-order valence-electron chi connectivity index (χ1n) is 8.42. The Morgan fingerprint density at radius 2 is 1.92 bits per heavy atom. The summed E-state index contributed by atoms with van der Waals surface area (Å²) < 4.78 is 18.5. The Morgan fingerprint density at radius 1 is 1.15 bits per heavy atom. The molecule has 1 heterocycles. The molecule has 6 nitrogen and oxygen atoms in total. The zero-order valence-electron chi connectivity index (χ0n) is 15.1. The fourth-order valence-electron chi connectivity index (χ4n) is 2.87. The van der Waals surface area contributed by atoms with Crippen LogP contribution in [0.5, 0.6) is 11.5 Å². The van der Waals surface area contributed by atoms with E-state index in [2.05, 4.69) is 4.98 Å². The number of rotatable bonds is 7. The normalized spacial score (nSPS) is 12.0. The van der Waals surface area contributed by atoms with E-state index in [0.29, 0.717) is 18.0 Å². The van der Waals surface area contributed by atoms with Crippen LogP contribution < -0.4 is 9.47 Å². The van der Waals surface area contributed by atoms with Crippen molar-refractivity contribution in [1.82, 2.24) is 9.55 Å². The number of esters is 1. The maximum Gasteiger partial charge on any atom is 0.303 e. The molecule has 3 rings (SSSR count). The predicted octanol–water partition coefficient (Wildman–Crippen LogP) is 3.36. The van der Waals surface area contributed by atoms with Gasteiger partial charge in [-0.1, -0.05) is 18.2 Å². The van der Waals surface area contributed by atoms with Crippen LogP contribution in [0.4, 0.5) is 0 Å². The minimum absolute atomic E-state index is 0.235. The first-order valence-corrected chi connectivity index (χ1v) is 8.42. The fraction of sp³-hybridized carbons (Fsp3) is 0.300. The molecule has 0 amide bonds. The van der Waals surface area contributed by atoms with Crippen molar-refractivity contribution in [3.05, 3.63) is 54.4 Å². The van der Waals surface area contributed by atoms with Crippen LogP contribution in [0.15, 0.2) is 48.5 Å². The molecule has 1 aromatic heterocycles. The Hall–Kier alpha value is -3.02. The first kappa shape index (κ1) is 17.8. The van der Waals surface area contributed by atoms with Gasteiger partial charge >= 0.3 is 5.97 Å². The lowest BCUT2D eigenvalue weighted by Crippen LogP contribution is -2.29. The summed E-state index contributed by atoms with van der Waals surface area (Å²) in [6, 6.07) is 15.2. The maximum atomic E-state index is 11.5. The molecule has 0 fully saturated rings. The third-order valence-corrected chi connectivity index (χ3v) is 4.04. The summed E-state index contributed by atoms with van der Waals surface area (Å²) in [5.41, 5.74) is 1.92. The van der Waals surface area contributed by atoms with E-state index in [-0.39, 0.29) is 12.6 Å². The van der Waals surface area contributed by atoms with Gasteiger partial charge in [-0.25, -0.2) is 4.98 Å². The molecule has 0 spiro atoms. The number of hydrogen-bond acceptors (Lipinski definition) is 5. The van der Waals surface area contributed by atoms with Crippen molar-refractivity contribution in [2.24, 2.45) is 0 Å². The summed E-state index contributed by atoms with van der Waals surface area (Å²) in [5, 5.41) is 0. The molecule has 0 saturated carbocycles. The largest absolute Gasteiger partial charge is 0.497 e. The number of carbonyl (C=O) groups is 1. The molecule has 26 heavy (non-hydrogen) atoms. The molecule has 6 heteroatoms. The van der Waals surface area contributed by atoms with Gasteiger partial charge in [0.25, 0.3) is 0 Å². The SMILES string of the molecule is COc1cccc(OC[C@@H](Cn2c(C)nc3ccccc32)OC(C)=O)c1. The van der Waals surface area contributed by atoms with Gasteiger partial charge in [-0.15, -0.1) is 0 Å². The second-order valence-electron chi connectivity index (χ2n) is 5.98. The number of aryl methyl sites for hydroxylation is 1. The highest BCUT2D eigenvalue weighted by Crippen LogP contribution is 2.20. The van der Waals surface area contributed by atoms with Gasteiger partial charge in [-0.05, 0) is 31.2 Å². The third kappa shape index (κ3) is 4.14. The van der Waals surface area contributed by atoms with E-state index in [9.17, 15) is 4.79 Å². The van der Waals surface area contributed by atoms with Crippen LogP contribution in [0.25, 0.3) is 11.0 Å². The Bertz CT molecular complexity index is 904. The van der Waals surface area contributed by atoms with Gasteiger partial charge in [-0.2, -0.15) is 0 Å². The number of nitrogens with zero attached hydrogens (tertiary/aromatic N) is 2. The van der Waals surface area contributed by atoms with Crippen LogP contribution in [0.2, 0.25) is 0 Å². The number of ether oxygens (including phenoxy) is 3. The zero-order valence-corrected chi connectivity index (χ0v) is 15.1. The Labute approximate surface area is 152 Å². The van der Waals surface area contributed by atoms with Crippen LogP contribution in [-0.4, -0.2) is 35.3 Å². The van der Waals surface area contributed by atoms with Crippen molar-refractivity contribution in [2.75, 3.05) is 13.7 Å². The molecule has 2 aromatic carbocycles. The molecule has 0 saturated heterocycles. The molecule has 136 valence electrons. The maximum absolute atomic E-state index is 11.5. The minimum Gasteiger partial charge on any atom is -0.497 e. The Balaban J connectivity index is 1.77. The van der Waals surface area contributed by atoms with E-state index in [4.69, 9.17) is 14.2 Å². The Kier molecular flexibility index (Phi) is 5.41. The zero-order chi connectivity index (χ0) is 18.5. The fourth-order valence-corrected chi connectivity index (χ4v) is 2.87. The highest BCUT2D eigenvalue weighted by molar-refractivity contribution is 5.75. The lowest BCUT2D eigenvalue weighted by atomic mass is 10.3. The third-order valence-electron chi connectivity index (χ3n) is 4.04. The number of para-hydroxylation sites is 2. The average Bonchev–Trinajstić information content (AvgIpc) is 2.95. The lowest BCUT2D eigenvalue weighted by molar-refractivity contribution is -0.148. The second-order valence-corrected chi connectivity index (χ2v) is 5.98. The number of hydrogen-bond donors (Lipinski definition) is 0. The van der Waals surface area contributed by atoms with Crippen molar-refractivity contribution in [3.63, 3.8) is 0 Å². The van der Waals surface area contributed by atoms with Crippen LogP contribution >= 0.6 is 0 Å². The van der Waals surface area contributed by atoms with Crippen LogP contribution in [-0.2, 0) is 16.1 Å². The molecular formula is C20H22N2O4. The summed E-state index contributed by atoms with van der Waals surface area (Å²) in [4.78, 5) is 16.1. The van der Waals surface area contributed by atoms with Gasteiger partial charge in [0, 0.05) is 13.0 Å². The van der Waals surface area contributed by atoms with Crippen LogP contribution in [0.1, 0.15) is 12.7 Å². The number of imidazole rings is 1. The van der Waals surface area contributed by atoms with E-state index in [0.717, 1.165) is 16.9 Å². The highest BCUT2D eigenvalue weighted by atomic mass is 16.6. The topological polar surface area (TPSA) is 62.6 Å². The molecule has 1 atom stereocenters. The number of methoxy groups -OCH3 is 1. The first-order chi connectivity index (χ1) is 12.6. The number of benzene rings is 2. The summed E-state index contributed by atoms with van der Waals surface area (Å²) in [6.45, 7) is 4.04. The number of carbonyl (C=O) groups excluding carboxylic acids is 1. The van der Waals surface area contributed by atoms with Crippen molar-refractivity contribution in [2.45, 2.75) is 26.5 Å². The van der Waals surface area contributed by atoms with E-state index < -0.39 is 6.10 Å². The van der Waals surface area contributed by atoms with Crippen LogP contribution in [0, 0.1) is 6.92 Å². The lowest BCUT2D eigenvalue weighted by Gasteiger charge is -2.19. The number of aromatic nitrogens is 2. The van der Waals surface area contributed by atoms with E-state index >= 15 is 0 Å². The molecule has 0 aliphatic rings. The van der Waals surface area contributed by atoms with Gasteiger partial charge in [0.1, 0.15) is 23.9 Å². The van der Waals surface area contributed by atoms with Crippen molar-refractivity contribution < 1.29 is 19.0 Å². The Morgan fingerprint density at radius 3 is 2.69 bits per heavy atom. The summed E-state index contributed by atoms with van der Waals surface area (Å²) in [5.74, 6) is 1.90. The quantitative estimate of drug-likeness (QED) is 0.609. The van der Waals surface area contributed by atoms with E-state index in [1.165, 1.54) is 6.92 Å². The molecule has 0 N–H and O–H groups in total. The monoisotopic (exact) mass is 354 g/mol. The van der Waals surface area contributed by atoms with Crippen molar-refractivity contribution >= 4 is 17.0 Å². The minimum atomic E-state index is -0.435. The molecule has 0 bridgehead atoms. The number of fused-ring (bicyclic) bond motifs is 1. The molecule has 0 unspecified atom stereocenters. The molecule has 0 aliphatic heterocycles. The summed E-state index contributed by atoms with van der Waals surface area (Å²) in [7, 11) is 1.60. The van der Waals surface area contributed by atoms with E-state index in [1.807, 2.05) is 54.0 Å².